The van der Waals surface area contributed by atoms with E-state index in [4.69, 9.17) is 0 Å². The monoisotopic (exact) mass is 303 g/mol. The highest BCUT2D eigenvalue weighted by Gasteiger charge is 2.20. The van der Waals surface area contributed by atoms with E-state index >= 15 is 0 Å². The number of rotatable bonds is 0. The third-order valence-electron chi connectivity index (χ3n) is 2.40. The fraction of sp³-hybridized carbons (Fsp3) is 0.400. The Hall–Kier alpha value is -0.0200. The highest BCUT2D eigenvalue weighted by Crippen LogP contribution is 2.41. The molecule has 1 atom stereocenters. The largest absolute Gasteiger partial charge is 0.385 e. The molecule has 0 radical (unpaired) electrons. The molecule has 0 bridgehead atoms. The van der Waals surface area contributed by atoms with Crippen molar-refractivity contribution in [1.82, 2.24) is 0 Å². The predicted molar refractivity (Wildman–Crippen MR) is 63.7 cm³/mol. The second-order valence-electron chi connectivity index (χ2n) is 3.34. The van der Waals surface area contributed by atoms with Crippen molar-refractivity contribution in [2.75, 3.05) is 11.9 Å². The van der Waals surface area contributed by atoms with Gasteiger partial charge < -0.3 is 5.32 Å². The molecule has 0 aromatic heterocycles. The molecule has 1 unspecified atom stereocenters. The molecule has 1 N–H and O–H groups in total. The molecule has 70 valence electrons. The van der Waals surface area contributed by atoms with Crippen LogP contribution in [0.1, 0.15) is 22.4 Å². The van der Waals surface area contributed by atoms with Gasteiger partial charge in [-0.05, 0) is 25.0 Å². The zero-order valence-corrected chi connectivity index (χ0v) is 10.6. The van der Waals surface area contributed by atoms with E-state index < -0.39 is 0 Å². The maximum absolute atomic E-state index is 3.70. The predicted octanol–water partition coefficient (Wildman–Crippen LogP) is 4.01. The van der Waals surface area contributed by atoms with Crippen LogP contribution < -0.4 is 5.32 Å². The lowest BCUT2D eigenvalue weighted by atomic mass is 10.0. The SMILES string of the molecule is Cc1ccc2c(c1Br)C(Br)CCN2. The second kappa shape index (κ2) is 3.62. The van der Waals surface area contributed by atoms with Crippen LogP contribution in [0.5, 0.6) is 0 Å². The molecule has 0 saturated heterocycles. The Bertz CT molecular complexity index is 336. The Balaban J connectivity index is 2.58. The normalized spacial score (nSPS) is 20.7. The van der Waals surface area contributed by atoms with Crippen LogP contribution in [0.15, 0.2) is 16.6 Å². The highest BCUT2D eigenvalue weighted by molar-refractivity contribution is 9.11. The number of anilines is 1. The van der Waals surface area contributed by atoms with Crippen LogP contribution in [-0.2, 0) is 0 Å². The van der Waals surface area contributed by atoms with Gasteiger partial charge in [-0.15, -0.1) is 0 Å². The van der Waals surface area contributed by atoms with E-state index in [-0.39, 0.29) is 0 Å². The van der Waals surface area contributed by atoms with Gasteiger partial charge >= 0.3 is 0 Å². The summed E-state index contributed by atoms with van der Waals surface area (Å²) in [6.07, 6.45) is 1.15. The molecule has 1 aromatic rings. The van der Waals surface area contributed by atoms with Crippen LogP contribution in [0.3, 0.4) is 0 Å². The molecule has 1 aliphatic heterocycles. The lowest BCUT2D eigenvalue weighted by molar-refractivity contribution is 0.817. The number of hydrogen-bond donors (Lipinski definition) is 1. The molecular formula is C10H11Br2N. The fourth-order valence-corrected chi connectivity index (χ4v) is 3.27. The third kappa shape index (κ3) is 1.64. The van der Waals surface area contributed by atoms with Crippen molar-refractivity contribution < 1.29 is 0 Å². The molecule has 0 aliphatic carbocycles. The summed E-state index contributed by atoms with van der Waals surface area (Å²) < 4.78 is 1.24. The molecule has 1 nitrogen and oxygen atoms in total. The molecule has 13 heavy (non-hydrogen) atoms. The van der Waals surface area contributed by atoms with Crippen LogP contribution in [0.2, 0.25) is 0 Å². The molecule has 0 fully saturated rings. The number of aryl methyl sites for hydroxylation is 1. The molecule has 0 saturated carbocycles. The zero-order valence-electron chi connectivity index (χ0n) is 7.40. The summed E-state index contributed by atoms with van der Waals surface area (Å²) in [7, 11) is 0. The third-order valence-corrected chi connectivity index (χ3v) is 4.37. The first-order valence-electron chi connectivity index (χ1n) is 4.37. The van der Waals surface area contributed by atoms with Crippen molar-refractivity contribution in [2.45, 2.75) is 18.2 Å². The molecule has 0 amide bonds. The Labute approximate surface area is 95.2 Å². The number of halogens is 2. The summed E-state index contributed by atoms with van der Waals surface area (Å²) >= 11 is 7.34. The summed E-state index contributed by atoms with van der Waals surface area (Å²) in [6, 6.07) is 4.30. The quantitative estimate of drug-likeness (QED) is 0.714. The first kappa shape index (κ1) is 9.53. The zero-order chi connectivity index (χ0) is 9.42. The highest BCUT2D eigenvalue weighted by atomic mass is 79.9. The number of hydrogen-bond acceptors (Lipinski definition) is 1. The van der Waals surface area contributed by atoms with E-state index in [1.54, 1.807) is 0 Å². The van der Waals surface area contributed by atoms with Gasteiger partial charge in [0.25, 0.3) is 0 Å². The van der Waals surface area contributed by atoms with Gasteiger partial charge in [0, 0.05) is 27.1 Å². The summed E-state index contributed by atoms with van der Waals surface area (Å²) in [5.41, 5.74) is 3.92. The van der Waals surface area contributed by atoms with Crippen LogP contribution >= 0.6 is 31.9 Å². The van der Waals surface area contributed by atoms with Gasteiger partial charge in [0.15, 0.2) is 0 Å². The van der Waals surface area contributed by atoms with E-state index in [0.717, 1.165) is 13.0 Å². The van der Waals surface area contributed by atoms with Gasteiger partial charge in [0.05, 0.1) is 0 Å². The topological polar surface area (TPSA) is 12.0 Å². The minimum absolute atomic E-state index is 0.484. The van der Waals surface area contributed by atoms with E-state index in [9.17, 15) is 0 Å². The maximum atomic E-state index is 3.70. The average molecular weight is 305 g/mol. The molecule has 3 heteroatoms. The molecular weight excluding hydrogens is 294 g/mol. The number of benzene rings is 1. The molecule has 1 aliphatic rings. The molecule has 1 aromatic carbocycles. The minimum atomic E-state index is 0.484. The standard InChI is InChI=1S/C10H11Br2N/c1-6-2-3-8-9(10(6)12)7(11)4-5-13-8/h2-3,7,13H,4-5H2,1H3. The van der Waals surface area contributed by atoms with Crippen molar-refractivity contribution >= 4 is 37.5 Å². The van der Waals surface area contributed by atoms with Crippen molar-refractivity contribution in [1.29, 1.82) is 0 Å². The first-order valence-corrected chi connectivity index (χ1v) is 6.08. The van der Waals surface area contributed by atoms with Gasteiger partial charge in [0.1, 0.15) is 0 Å². The van der Waals surface area contributed by atoms with Crippen molar-refractivity contribution in [3.63, 3.8) is 0 Å². The molecule has 2 rings (SSSR count). The summed E-state index contributed by atoms with van der Waals surface area (Å²) in [4.78, 5) is 0.484. The van der Waals surface area contributed by atoms with E-state index in [0.29, 0.717) is 4.83 Å². The Morgan fingerprint density at radius 3 is 3.00 bits per heavy atom. The lowest BCUT2D eigenvalue weighted by Gasteiger charge is -2.24. The van der Waals surface area contributed by atoms with Crippen LogP contribution in [0.4, 0.5) is 5.69 Å². The number of alkyl halides is 1. The Morgan fingerprint density at radius 2 is 2.23 bits per heavy atom. The number of fused-ring (bicyclic) bond motifs is 1. The van der Waals surface area contributed by atoms with Crippen LogP contribution in [0, 0.1) is 6.92 Å². The van der Waals surface area contributed by atoms with Gasteiger partial charge in [0.2, 0.25) is 0 Å². The average Bonchev–Trinajstić information content (AvgIpc) is 2.12. The van der Waals surface area contributed by atoms with Gasteiger partial charge in [-0.1, -0.05) is 37.9 Å². The number of nitrogens with one attached hydrogen (secondary N) is 1. The van der Waals surface area contributed by atoms with Gasteiger partial charge in [-0.3, -0.25) is 0 Å². The summed E-state index contributed by atoms with van der Waals surface area (Å²) in [5.74, 6) is 0. The Morgan fingerprint density at radius 1 is 1.46 bits per heavy atom. The van der Waals surface area contributed by atoms with Gasteiger partial charge in [-0.25, -0.2) is 0 Å². The minimum Gasteiger partial charge on any atom is -0.385 e. The maximum Gasteiger partial charge on any atom is 0.0443 e. The second-order valence-corrected chi connectivity index (χ2v) is 5.24. The summed E-state index contributed by atoms with van der Waals surface area (Å²) in [6.45, 7) is 3.18. The smallest absolute Gasteiger partial charge is 0.0443 e. The summed E-state index contributed by atoms with van der Waals surface area (Å²) in [5, 5.41) is 3.40. The Kier molecular flexibility index (Phi) is 2.65. The van der Waals surface area contributed by atoms with Crippen LogP contribution in [-0.4, -0.2) is 6.54 Å². The van der Waals surface area contributed by atoms with Crippen LogP contribution in [0.25, 0.3) is 0 Å². The van der Waals surface area contributed by atoms with Crippen molar-refractivity contribution in [3.05, 3.63) is 27.7 Å². The first-order chi connectivity index (χ1) is 6.20. The van der Waals surface area contributed by atoms with E-state index in [2.05, 4.69) is 56.2 Å². The molecule has 1 heterocycles. The fourth-order valence-electron chi connectivity index (χ4n) is 1.64. The van der Waals surface area contributed by atoms with E-state index in [1.165, 1.54) is 21.3 Å². The molecule has 0 spiro atoms. The van der Waals surface area contributed by atoms with Gasteiger partial charge in [-0.2, -0.15) is 0 Å². The van der Waals surface area contributed by atoms with Crippen molar-refractivity contribution in [3.8, 4) is 0 Å². The lowest BCUT2D eigenvalue weighted by Crippen LogP contribution is -2.14. The van der Waals surface area contributed by atoms with Crippen molar-refractivity contribution in [2.24, 2.45) is 0 Å². The van der Waals surface area contributed by atoms with E-state index in [1.807, 2.05) is 0 Å².